The average Bonchev–Trinajstić information content (AvgIpc) is 2.63. The fourth-order valence-electron chi connectivity index (χ4n) is 2.23. The minimum Gasteiger partial charge on any atom is -0.368 e. The summed E-state index contributed by atoms with van der Waals surface area (Å²) in [7, 11) is 0. The van der Waals surface area contributed by atoms with Crippen LogP contribution in [0.3, 0.4) is 0 Å². The van der Waals surface area contributed by atoms with Crippen LogP contribution in [-0.2, 0) is 6.42 Å². The monoisotopic (exact) mass is 350 g/mol. The zero-order valence-corrected chi connectivity index (χ0v) is 14.0. The molecule has 0 saturated carbocycles. The van der Waals surface area contributed by atoms with Gasteiger partial charge in [-0.2, -0.15) is 15.3 Å². The van der Waals surface area contributed by atoms with Gasteiger partial charge < -0.3 is 10.6 Å². The minimum atomic E-state index is 0.387. The summed E-state index contributed by atoms with van der Waals surface area (Å²) < 4.78 is 0. The molecule has 0 fully saturated rings. The van der Waals surface area contributed by atoms with Crippen molar-refractivity contribution in [1.82, 2.24) is 15.2 Å². The Bertz CT molecular complexity index is 889. The van der Waals surface area contributed by atoms with Crippen molar-refractivity contribution in [2.45, 2.75) is 6.42 Å². The number of aromatic nitrogens is 3. The van der Waals surface area contributed by atoms with Gasteiger partial charge in [0.15, 0.2) is 5.82 Å². The highest BCUT2D eigenvalue weighted by molar-refractivity contribution is 6.30. The maximum Gasteiger partial charge on any atom is 0.249 e. The quantitative estimate of drug-likeness (QED) is 0.703. The van der Waals surface area contributed by atoms with E-state index in [-0.39, 0.29) is 0 Å². The van der Waals surface area contributed by atoms with Crippen molar-refractivity contribution in [3.05, 3.63) is 70.9 Å². The van der Waals surface area contributed by atoms with Crippen molar-refractivity contribution in [1.29, 1.82) is 5.26 Å². The summed E-state index contributed by atoms with van der Waals surface area (Å²) in [6, 6.07) is 16.9. The Kier molecular flexibility index (Phi) is 5.39. The van der Waals surface area contributed by atoms with E-state index in [4.69, 9.17) is 16.9 Å². The molecule has 2 N–H and O–H groups in total. The summed E-state index contributed by atoms with van der Waals surface area (Å²) in [6.07, 6.45) is 2.39. The van der Waals surface area contributed by atoms with Crippen molar-refractivity contribution >= 4 is 29.1 Å². The third-order valence-corrected chi connectivity index (χ3v) is 3.67. The number of benzene rings is 2. The van der Waals surface area contributed by atoms with Gasteiger partial charge in [0, 0.05) is 17.3 Å². The first-order chi connectivity index (χ1) is 12.2. The SMILES string of the molecule is N#Cc1ccc(Nc2nncc(NCCc3cccc(Cl)c3)n2)cc1. The molecule has 0 amide bonds. The topological polar surface area (TPSA) is 86.5 Å². The van der Waals surface area contributed by atoms with Gasteiger partial charge in [-0.3, -0.25) is 0 Å². The van der Waals surface area contributed by atoms with E-state index in [1.807, 2.05) is 24.3 Å². The van der Waals surface area contributed by atoms with Gasteiger partial charge in [-0.1, -0.05) is 23.7 Å². The molecule has 6 nitrogen and oxygen atoms in total. The summed E-state index contributed by atoms with van der Waals surface area (Å²) >= 11 is 5.98. The number of nitrogens with zero attached hydrogens (tertiary/aromatic N) is 4. The van der Waals surface area contributed by atoms with E-state index in [9.17, 15) is 0 Å². The molecule has 1 heterocycles. The van der Waals surface area contributed by atoms with E-state index >= 15 is 0 Å². The smallest absolute Gasteiger partial charge is 0.249 e. The molecule has 124 valence electrons. The van der Waals surface area contributed by atoms with Crippen LogP contribution in [0.5, 0.6) is 0 Å². The Labute approximate surface area is 150 Å². The highest BCUT2D eigenvalue weighted by atomic mass is 35.5. The Hall–Kier alpha value is -3.17. The highest BCUT2D eigenvalue weighted by Crippen LogP contribution is 2.15. The maximum atomic E-state index is 8.81. The lowest BCUT2D eigenvalue weighted by atomic mass is 10.1. The summed E-state index contributed by atoms with van der Waals surface area (Å²) in [4.78, 5) is 4.37. The van der Waals surface area contributed by atoms with Gasteiger partial charge in [0.05, 0.1) is 17.8 Å². The van der Waals surface area contributed by atoms with Crippen molar-refractivity contribution < 1.29 is 0 Å². The predicted molar refractivity (Wildman–Crippen MR) is 97.9 cm³/mol. The van der Waals surface area contributed by atoms with Crippen LogP contribution < -0.4 is 10.6 Å². The van der Waals surface area contributed by atoms with E-state index in [0.717, 1.165) is 22.7 Å². The highest BCUT2D eigenvalue weighted by Gasteiger charge is 2.02. The van der Waals surface area contributed by atoms with Gasteiger partial charge in [0.25, 0.3) is 0 Å². The molecule has 0 aliphatic rings. The third kappa shape index (κ3) is 4.90. The minimum absolute atomic E-state index is 0.387. The lowest BCUT2D eigenvalue weighted by Crippen LogP contribution is -2.08. The maximum absolute atomic E-state index is 8.81. The molecule has 0 aliphatic heterocycles. The summed E-state index contributed by atoms with van der Waals surface area (Å²) in [6.45, 7) is 0.704. The fourth-order valence-corrected chi connectivity index (χ4v) is 2.44. The Morgan fingerprint density at radius 3 is 2.72 bits per heavy atom. The molecular formula is C18H15ClN6. The molecule has 0 radical (unpaired) electrons. The molecule has 2 aromatic carbocycles. The van der Waals surface area contributed by atoms with Crippen LogP contribution in [0.1, 0.15) is 11.1 Å². The van der Waals surface area contributed by atoms with Crippen molar-refractivity contribution in [2.24, 2.45) is 0 Å². The Balaban J connectivity index is 1.58. The number of hydrogen-bond acceptors (Lipinski definition) is 6. The number of hydrogen-bond donors (Lipinski definition) is 2. The van der Waals surface area contributed by atoms with Gasteiger partial charge in [0.1, 0.15) is 0 Å². The van der Waals surface area contributed by atoms with E-state index in [2.05, 4.69) is 31.9 Å². The lowest BCUT2D eigenvalue weighted by Gasteiger charge is -2.08. The number of nitrogens with one attached hydrogen (secondary N) is 2. The molecule has 0 atom stereocenters. The standard InChI is InChI=1S/C18H15ClN6/c19-15-3-1-2-13(10-15)8-9-21-17-12-22-25-18(24-17)23-16-6-4-14(11-20)5-7-16/h1-7,10,12H,8-9H2,(H2,21,23,24,25). The third-order valence-electron chi connectivity index (χ3n) is 3.44. The van der Waals surface area contributed by atoms with E-state index in [1.54, 1.807) is 30.5 Å². The zero-order valence-electron chi connectivity index (χ0n) is 13.3. The molecule has 0 saturated heterocycles. The first-order valence-electron chi connectivity index (χ1n) is 7.68. The molecular weight excluding hydrogens is 336 g/mol. The number of halogens is 1. The van der Waals surface area contributed by atoms with Gasteiger partial charge >= 0.3 is 0 Å². The largest absolute Gasteiger partial charge is 0.368 e. The molecule has 3 aromatic rings. The predicted octanol–water partition coefficient (Wildman–Crippen LogP) is 3.79. The first kappa shape index (κ1) is 16.7. The number of nitriles is 1. The average molecular weight is 351 g/mol. The molecule has 0 unspecified atom stereocenters. The van der Waals surface area contributed by atoms with E-state index < -0.39 is 0 Å². The summed E-state index contributed by atoms with van der Waals surface area (Å²) in [5.74, 6) is 1.02. The van der Waals surface area contributed by atoms with Crippen LogP contribution in [0, 0.1) is 11.3 Å². The molecule has 0 bridgehead atoms. The van der Waals surface area contributed by atoms with Crippen LogP contribution in [-0.4, -0.2) is 21.7 Å². The second-order valence-corrected chi connectivity index (χ2v) is 5.72. The van der Waals surface area contributed by atoms with Crippen molar-refractivity contribution in [3.8, 4) is 6.07 Å². The number of rotatable bonds is 6. The Morgan fingerprint density at radius 2 is 1.96 bits per heavy atom. The van der Waals surface area contributed by atoms with Gasteiger partial charge in [0.2, 0.25) is 5.95 Å². The lowest BCUT2D eigenvalue weighted by molar-refractivity contribution is 0.950. The van der Waals surface area contributed by atoms with Gasteiger partial charge in [-0.05, 0) is 48.4 Å². The Morgan fingerprint density at radius 1 is 1.12 bits per heavy atom. The van der Waals surface area contributed by atoms with Crippen LogP contribution in [0.2, 0.25) is 5.02 Å². The molecule has 0 aliphatic carbocycles. The van der Waals surface area contributed by atoms with E-state index in [1.165, 1.54) is 0 Å². The fraction of sp³-hybridized carbons (Fsp3) is 0.111. The summed E-state index contributed by atoms with van der Waals surface area (Å²) in [5, 5.41) is 23.7. The molecule has 0 spiro atoms. The second-order valence-electron chi connectivity index (χ2n) is 5.29. The molecule has 25 heavy (non-hydrogen) atoms. The van der Waals surface area contributed by atoms with Gasteiger partial charge in [-0.15, -0.1) is 5.10 Å². The van der Waals surface area contributed by atoms with Crippen LogP contribution in [0.4, 0.5) is 17.5 Å². The van der Waals surface area contributed by atoms with Gasteiger partial charge in [-0.25, -0.2) is 0 Å². The molecule has 7 heteroatoms. The van der Waals surface area contributed by atoms with E-state index in [0.29, 0.717) is 23.9 Å². The molecule has 1 aromatic heterocycles. The zero-order chi connectivity index (χ0) is 17.5. The van der Waals surface area contributed by atoms with Crippen LogP contribution in [0.15, 0.2) is 54.7 Å². The number of anilines is 3. The van der Waals surface area contributed by atoms with Crippen LogP contribution in [0.25, 0.3) is 0 Å². The van der Waals surface area contributed by atoms with Crippen LogP contribution >= 0.6 is 11.6 Å². The van der Waals surface area contributed by atoms with Crippen molar-refractivity contribution in [3.63, 3.8) is 0 Å². The second kappa shape index (κ2) is 8.08. The normalized spacial score (nSPS) is 10.1. The molecule has 3 rings (SSSR count). The summed E-state index contributed by atoms with van der Waals surface area (Å²) in [5.41, 5.74) is 2.54. The first-order valence-corrected chi connectivity index (χ1v) is 8.06. The van der Waals surface area contributed by atoms with Crippen molar-refractivity contribution in [2.75, 3.05) is 17.2 Å².